The van der Waals surface area contributed by atoms with Crippen LogP contribution in [0.4, 0.5) is 0 Å². The van der Waals surface area contributed by atoms with E-state index in [0.717, 1.165) is 0 Å². The summed E-state index contributed by atoms with van der Waals surface area (Å²) in [7, 11) is 0. The highest BCUT2D eigenvalue weighted by atomic mass is 35.5. The Morgan fingerprint density at radius 2 is 2.20 bits per heavy atom. The number of nitrogens with one attached hydrogen (secondary N) is 1. The first-order valence-electron chi connectivity index (χ1n) is 3.18. The fraction of sp³-hybridized carbons (Fsp3) is 0.714. The molecule has 2 N–H and O–H groups in total. The van der Waals surface area contributed by atoms with Crippen molar-refractivity contribution in [3.8, 4) is 0 Å². The van der Waals surface area contributed by atoms with Crippen LogP contribution in [0.1, 0.15) is 13.8 Å². The SMILES string of the molecule is C=C(Cl)CNCC(C)(C)O. The molecule has 0 amide bonds. The summed E-state index contributed by atoms with van der Waals surface area (Å²) < 4.78 is 0. The molecule has 60 valence electrons. The van der Waals surface area contributed by atoms with Crippen LogP contribution in [0, 0.1) is 0 Å². The standard InChI is InChI=1S/C7H14ClNO/c1-6(8)4-9-5-7(2,3)10/h9-10H,1,4-5H2,2-3H3. The Hall–Kier alpha value is -0.0500. The molecular weight excluding hydrogens is 150 g/mol. The second-order valence-electron chi connectivity index (χ2n) is 2.93. The summed E-state index contributed by atoms with van der Waals surface area (Å²) in [6.45, 7) is 8.04. The highest BCUT2D eigenvalue weighted by Crippen LogP contribution is 1.98. The Labute approximate surface area is 66.9 Å². The zero-order valence-corrected chi connectivity index (χ0v) is 7.20. The first kappa shape index (κ1) is 9.95. The Bertz CT molecular complexity index is 117. The van der Waals surface area contributed by atoms with Gasteiger partial charge in [-0.05, 0) is 13.8 Å². The monoisotopic (exact) mass is 163 g/mol. The first-order chi connectivity index (χ1) is 4.42. The van der Waals surface area contributed by atoms with Crippen molar-refractivity contribution >= 4 is 11.6 Å². The van der Waals surface area contributed by atoms with E-state index in [0.29, 0.717) is 18.1 Å². The van der Waals surface area contributed by atoms with Gasteiger partial charge in [-0.1, -0.05) is 18.2 Å². The molecule has 0 unspecified atom stereocenters. The van der Waals surface area contributed by atoms with E-state index in [1.165, 1.54) is 0 Å². The maximum absolute atomic E-state index is 9.20. The number of aliphatic hydroxyl groups is 1. The summed E-state index contributed by atoms with van der Waals surface area (Å²) in [6, 6.07) is 0. The largest absolute Gasteiger partial charge is 0.389 e. The molecule has 0 spiro atoms. The Balaban J connectivity index is 3.29. The van der Waals surface area contributed by atoms with Gasteiger partial charge >= 0.3 is 0 Å². The molecule has 0 atom stereocenters. The van der Waals surface area contributed by atoms with Crippen molar-refractivity contribution in [2.75, 3.05) is 13.1 Å². The van der Waals surface area contributed by atoms with Gasteiger partial charge in [-0.25, -0.2) is 0 Å². The van der Waals surface area contributed by atoms with Crippen LogP contribution in [-0.4, -0.2) is 23.8 Å². The van der Waals surface area contributed by atoms with Crippen LogP contribution in [0.15, 0.2) is 11.6 Å². The fourth-order valence-electron chi connectivity index (χ4n) is 0.504. The van der Waals surface area contributed by atoms with E-state index in [4.69, 9.17) is 11.6 Å². The molecule has 0 bridgehead atoms. The van der Waals surface area contributed by atoms with Crippen molar-refractivity contribution in [3.05, 3.63) is 11.6 Å². The number of halogens is 1. The average molecular weight is 164 g/mol. The molecule has 0 saturated heterocycles. The summed E-state index contributed by atoms with van der Waals surface area (Å²) in [4.78, 5) is 0. The summed E-state index contributed by atoms with van der Waals surface area (Å²) in [5.41, 5.74) is -0.674. The highest BCUT2D eigenvalue weighted by Gasteiger charge is 2.10. The molecular formula is C7H14ClNO. The van der Waals surface area contributed by atoms with Crippen molar-refractivity contribution in [2.45, 2.75) is 19.4 Å². The van der Waals surface area contributed by atoms with Gasteiger partial charge in [0.25, 0.3) is 0 Å². The minimum atomic E-state index is -0.674. The molecule has 0 aromatic heterocycles. The van der Waals surface area contributed by atoms with Gasteiger partial charge in [0, 0.05) is 18.1 Å². The maximum Gasteiger partial charge on any atom is 0.0715 e. The molecule has 3 heteroatoms. The van der Waals surface area contributed by atoms with E-state index in [-0.39, 0.29) is 0 Å². The second-order valence-corrected chi connectivity index (χ2v) is 3.47. The molecule has 0 aliphatic heterocycles. The van der Waals surface area contributed by atoms with Gasteiger partial charge in [0.1, 0.15) is 0 Å². The fourth-order valence-corrected chi connectivity index (χ4v) is 0.599. The van der Waals surface area contributed by atoms with Gasteiger partial charge in [0.15, 0.2) is 0 Å². The van der Waals surface area contributed by atoms with Crippen LogP contribution in [0.25, 0.3) is 0 Å². The van der Waals surface area contributed by atoms with Crippen molar-refractivity contribution in [2.24, 2.45) is 0 Å². The average Bonchev–Trinajstić information content (AvgIpc) is 1.59. The van der Waals surface area contributed by atoms with E-state index in [1.54, 1.807) is 13.8 Å². The van der Waals surface area contributed by atoms with Crippen molar-refractivity contribution in [1.82, 2.24) is 5.32 Å². The summed E-state index contributed by atoms with van der Waals surface area (Å²) in [6.07, 6.45) is 0. The Morgan fingerprint density at radius 1 is 1.70 bits per heavy atom. The lowest BCUT2D eigenvalue weighted by atomic mass is 10.1. The predicted octanol–water partition coefficient (Wildman–Crippen LogP) is 1.10. The van der Waals surface area contributed by atoms with Crippen molar-refractivity contribution in [3.63, 3.8) is 0 Å². The van der Waals surface area contributed by atoms with Gasteiger partial charge in [-0.15, -0.1) is 0 Å². The van der Waals surface area contributed by atoms with Crippen molar-refractivity contribution < 1.29 is 5.11 Å². The van der Waals surface area contributed by atoms with Crippen LogP contribution in [0.2, 0.25) is 0 Å². The lowest BCUT2D eigenvalue weighted by Gasteiger charge is -2.17. The third kappa shape index (κ3) is 7.95. The van der Waals surface area contributed by atoms with Gasteiger partial charge < -0.3 is 10.4 Å². The molecule has 10 heavy (non-hydrogen) atoms. The van der Waals surface area contributed by atoms with E-state index < -0.39 is 5.60 Å². The zero-order valence-electron chi connectivity index (χ0n) is 6.45. The van der Waals surface area contributed by atoms with E-state index in [9.17, 15) is 5.11 Å². The van der Waals surface area contributed by atoms with Crippen LogP contribution in [0.3, 0.4) is 0 Å². The molecule has 2 nitrogen and oxygen atoms in total. The van der Waals surface area contributed by atoms with Gasteiger partial charge in [-0.3, -0.25) is 0 Å². The molecule has 0 saturated carbocycles. The summed E-state index contributed by atoms with van der Waals surface area (Å²) in [5, 5.41) is 12.7. The van der Waals surface area contributed by atoms with Crippen LogP contribution >= 0.6 is 11.6 Å². The van der Waals surface area contributed by atoms with E-state index >= 15 is 0 Å². The molecule has 0 fully saturated rings. The molecule has 0 aliphatic carbocycles. The Morgan fingerprint density at radius 3 is 2.50 bits per heavy atom. The number of hydrogen-bond donors (Lipinski definition) is 2. The van der Waals surface area contributed by atoms with Gasteiger partial charge in [0.05, 0.1) is 5.60 Å². The van der Waals surface area contributed by atoms with Gasteiger partial charge in [-0.2, -0.15) is 0 Å². The van der Waals surface area contributed by atoms with Crippen LogP contribution in [-0.2, 0) is 0 Å². The van der Waals surface area contributed by atoms with Crippen molar-refractivity contribution in [1.29, 1.82) is 0 Å². The minimum absolute atomic E-state index is 0.527. The van der Waals surface area contributed by atoms with E-state index in [2.05, 4.69) is 11.9 Å². The van der Waals surface area contributed by atoms with Crippen LogP contribution < -0.4 is 5.32 Å². The zero-order chi connectivity index (χ0) is 8.20. The lowest BCUT2D eigenvalue weighted by Crippen LogP contribution is -2.35. The molecule has 0 aromatic rings. The normalized spacial score (nSPS) is 11.6. The number of rotatable bonds is 4. The number of hydrogen-bond acceptors (Lipinski definition) is 2. The first-order valence-corrected chi connectivity index (χ1v) is 3.56. The lowest BCUT2D eigenvalue weighted by molar-refractivity contribution is 0.0809. The minimum Gasteiger partial charge on any atom is -0.389 e. The van der Waals surface area contributed by atoms with E-state index in [1.807, 2.05) is 0 Å². The molecule has 0 radical (unpaired) electrons. The second kappa shape index (κ2) is 3.96. The van der Waals surface area contributed by atoms with Crippen LogP contribution in [0.5, 0.6) is 0 Å². The molecule has 0 aromatic carbocycles. The molecule has 0 rings (SSSR count). The van der Waals surface area contributed by atoms with Gasteiger partial charge in [0.2, 0.25) is 0 Å². The smallest absolute Gasteiger partial charge is 0.0715 e. The molecule has 0 aliphatic rings. The maximum atomic E-state index is 9.20. The Kier molecular flexibility index (Phi) is 3.94. The predicted molar refractivity (Wildman–Crippen MR) is 44.2 cm³/mol. The third-order valence-electron chi connectivity index (χ3n) is 0.874. The highest BCUT2D eigenvalue weighted by molar-refractivity contribution is 6.29. The summed E-state index contributed by atoms with van der Waals surface area (Å²) in [5.74, 6) is 0. The summed E-state index contributed by atoms with van der Waals surface area (Å²) >= 11 is 5.47. The molecule has 0 heterocycles. The quantitative estimate of drug-likeness (QED) is 0.651. The third-order valence-corrected chi connectivity index (χ3v) is 1.01. The topological polar surface area (TPSA) is 32.3 Å².